The van der Waals surface area contributed by atoms with Gasteiger partial charge in [-0.2, -0.15) is 0 Å². The van der Waals surface area contributed by atoms with Crippen molar-refractivity contribution in [3.05, 3.63) is 27.7 Å². The minimum atomic E-state index is 0.145. The average Bonchev–Trinajstić information content (AvgIpc) is 2.76. The summed E-state index contributed by atoms with van der Waals surface area (Å²) >= 11 is 9.27. The Morgan fingerprint density at radius 3 is 2.82 bits per heavy atom. The molecule has 0 spiro atoms. The fourth-order valence-corrected chi connectivity index (χ4v) is 2.65. The van der Waals surface area contributed by atoms with Crippen LogP contribution in [0.5, 0.6) is 5.75 Å². The van der Waals surface area contributed by atoms with Crippen LogP contribution in [0.25, 0.3) is 0 Å². The smallest absolute Gasteiger partial charge is 0.133 e. The molecule has 0 amide bonds. The molecule has 2 atom stereocenters. The van der Waals surface area contributed by atoms with Crippen molar-refractivity contribution in [2.45, 2.75) is 25.0 Å². The summed E-state index contributed by atoms with van der Waals surface area (Å²) in [4.78, 5) is 0. The standard InChI is InChI=1S/C12H15BrClNO2/c13-11-5-8(14)1-4-12(11)16-7-10-3-2-9(6-15)17-10/h1,4-5,9-10H,2-3,6-7,15H2. The first-order valence-corrected chi connectivity index (χ1v) is 6.79. The number of hydrogen-bond acceptors (Lipinski definition) is 3. The highest BCUT2D eigenvalue weighted by Crippen LogP contribution is 2.29. The third-order valence-electron chi connectivity index (χ3n) is 2.78. The maximum atomic E-state index is 5.86. The largest absolute Gasteiger partial charge is 0.490 e. The second-order valence-electron chi connectivity index (χ2n) is 4.08. The van der Waals surface area contributed by atoms with Crippen molar-refractivity contribution in [3.8, 4) is 5.75 Å². The van der Waals surface area contributed by atoms with E-state index in [0.29, 0.717) is 18.2 Å². The molecule has 2 rings (SSSR count). The lowest BCUT2D eigenvalue weighted by molar-refractivity contribution is 0.0220. The molecule has 2 unspecified atom stereocenters. The van der Waals surface area contributed by atoms with Crippen LogP contribution >= 0.6 is 27.5 Å². The van der Waals surface area contributed by atoms with E-state index in [0.717, 1.165) is 23.1 Å². The van der Waals surface area contributed by atoms with E-state index in [4.69, 9.17) is 26.8 Å². The van der Waals surface area contributed by atoms with Gasteiger partial charge in [-0.05, 0) is 47.0 Å². The Balaban J connectivity index is 1.86. The van der Waals surface area contributed by atoms with Gasteiger partial charge in [0, 0.05) is 11.6 Å². The highest BCUT2D eigenvalue weighted by Gasteiger charge is 2.24. The van der Waals surface area contributed by atoms with Crippen LogP contribution in [-0.4, -0.2) is 25.4 Å². The van der Waals surface area contributed by atoms with E-state index >= 15 is 0 Å². The maximum Gasteiger partial charge on any atom is 0.133 e. The van der Waals surface area contributed by atoms with Gasteiger partial charge in [-0.1, -0.05) is 11.6 Å². The van der Waals surface area contributed by atoms with E-state index in [1.54, 1.807) is 6.07 Å². The van der Waals surface area contributed by atoms with Crippen molar-refractivity contribution in [2.24, 2.45) is 5.73 Å². The van der Waals surface area contributed by atoms with Gasteiger partial charge in [-0.25, -0.2) is 0 Å². The molecule has 3 nitrogen and oxygen atoms in total. The predicted octanol–water partition coefficient (Wildman–Crippen LogP) is 2.99. The summed E-state index contributed by atoms with van der Waals surface area (Å²) in [5.74, 6) is 0.786. The molecule has 0 bridgehead atoms. The molecular weight excluding hydrogens is 305 g/mol. The van der Waals surface area contributed by atoms with Gasteiger partial charge in [0.05, 0.1) is 16.7 Å². The molecule has 1 aromatic carbocycles. The lowest BCUT2D eigenvalue weighted by Crippen LogP contribution is -2.23. The molecule has 2 N–H and O–H groups in total. The molecule has 94 valence electrons. The summed E-state index contributed by atoms with van der Waals surface area (Å²) in [5.41, 5.74) is 5.56. The van der Waals surface area contributed by atoms with Crippen LogP contribution < -0.4 is 10.5 Å². The third kappa shape index (κ3) is 3.58. The number of nitrogens with two attached hydrogens (primary N) is 1. The molecule has 1 saturated heterocycles. The van der Waals surface area contributed by atoms with Crippen LogP contribution in [0.1, 0.15) is 12.8 Å². The zero-order valence-corrected chi connectivity index (χ0v) is 11.7. The van der Waals surface area contributed by atoms with Gasteiger partial charge >= 0.3 is 0 Å². The van der Waals surface area contributed by atoms with Gasteiger partial charge in [0.25, 0.3) is 0 Å². The molecule has 1 aromatic rings. The molecule has 5 heteroatoms. The van der Waals surface area contributed by atoms with Crippen molar-refractivity contribution >= 4 is 27.5 Å². The number of benzene rings is 1. The van der Waals surface area contributed by atoms with E-state index in [9.17, 15) is 0 Å². The Morgan fingerprint density at radius 1 is 1.41 bits per heavy atom. The highest BCUT2D eigenvalue weighted by molar-refractivity contribution is 9.10. The van der Waals surface area contributed by atoms with Crippen LogP contribution in [0.4, 0.5) is 0 Å². The van der Waals surface area contributed by atoms with Crippen LogP contribution in [0.2, 0.25) is 5.02 Å². The summed E-state index contributed by atoms with van der Waals surface area (Å²) in [5, 5.41) is 0.685. The molecule has 1 aliphatic heterocycles. The maximum absolute atomic E-state index is 5.86. The molecule has 1 aliphatic rings. The lowest BCUT2D eigenvalue weighted by Gasteiger charge is -2.14. The zero-order valence-electron chi connectivity index (χ0n) is 9.36. The Kier molecular flexibility index (Phi) is 4.68. The Hall–Kier alpha value is -0.290. The molecule has 0 radical (unpaired) electrons. The van der Waals surface area contributed by atoms with E-state index in [1.165, 1.54) is 0 Å². The van der Waals surface area contributed by atoms with Gasteiger partial charge in [-0.3, -0.25) is 0 Å². The number of halogens is 2. The van der Waals surface area contributed by atoms with Crippen molar-refractivity contribution in [1.82, 2.24) is 0 Å². The van der Waals surface area contributed by atoms with Crippen molar-refractivity contribution in [1.29, 1.82) is 0 Å². The molecule has 1 heterocycles. The van der Waals surface area contributed by atoms with Crippen molar-refractivity contribution in [2.75, 3.05) is 13.2 Å². The molecule has 0 aromatic heterocycles. The van der Waals surface area contributed by atoms with Gasteiger partial charge in [-0.15, -0.1) is 0 Å². The minimum Gasteiger partial charge on any atom is -0.490 e. The van der Waals surface area contributed by atoms with Crippen LogP contribution in [0.3, 0.4) is 0 Å². The van der Waals surface area contributed by atoms with Crippen LogP contribution in [0.15, 0.2) is 22.7 Å². The number of rotatable bonds is 4. The Bertz CT molecular complexity index is 389. The van der Waals surface area contributed by atoms with Crippen molar-refractivity contribution in [3.63, 3.8) is 0 Å². The second kappa shape index (κ2) is 6.05. The summed E-state index contributed by atoms with van der Waals surface area (Å²) < 4.78 is 12.3. The van der Waals surface area contributed by atoms with Crippen molar-refractivity contribution < 1.29 is 9.47 Å². The average molecular weight is 321 g/mol. The topological polar surface area (TPSA) is 44.5 Å². The van der Waals surface area contributed by atoms with Gasteiger partial charge in [0.1, 0.15) is 12.4 Å². The predicted molar refractivity (Wildman–Crippen MR) is 71.6 cm³/mol. The molecular formula is C12H15BrClNO2. The first-order chi connectivity index (χ1) is 8.19. The van der Waals surface area contributed by atoms with Gasteiger partial charge in [0.2, 0.25) is 0 Å². The summed E-state index contributed by atoms with van der Waals surface area (Å²) in [6.07, 6.45) is 2.36. The summed E-state index contributed by atoms with van der Waals surface area (Å²) in [6.45, 7) is 1.14. The highest BCUT2D eigenvalue weighted by atomic mass is 79.9. The quantitative estimate of drug-likeness (QED) is 0.927. The lowest BCUT2D eigenvalue weighted by atomic mass is 10.2. The number of hydrogen-bond donors (Lipinski definition) is 1. The normalized spacial score (nSPS) is 23.9. The monoisotopic (exact) mass is 319 g/mol. The van der Waals surface area contributed by atoms with Gasteiger partial charge < -0.3 is 15.2 Å². The van der Waals surface area contributed by atoms with E-state index in [2.05, 4.69) is 15.9 Å². The SMILES string of the molecule is NCC1CCC(COc2ccc(Cl)cc2Br)O1. The minimum absolute atomic E-state index is 0.145. The molecule has 0 aliphatic carbocycles. The fourth-order valence-electron chi connectivity index (χ4n) is 1.85. The second-order valence-corrected chi connectivity index (χ2v) is 5.37. The first kappa shape index (κ1) is 13.1. The van der Waals surface area contributed by atoms with E-state index in [-0.39, 0.29) is 12.2 Å². The molecule has 17 heavy (non-hydrogen) atoms. The molecule has 0 saturated carbocycles. The Labute approximate surface area is 114 Å². The zero-order chi connectivity index (χ0) is 12.3. The van der Waals surface area contributed by atoms with Crippen LogP contribution in [0, 0.1) is 0 Å². The molecule has 1 fully saturated rings. The number of ether oxygens (including phenoxy) is 2. The third-order valence-corrected chi connectivity index (χ3v) is 3.63. The van der Waals surface area contributed by atoms with Crippen LogP contribution in [-0.2, 0) is 4.74 Å². The van der Waals surface area contributed by atoms with Gasteiger partial charge in [0.15, 0.2) is 0 Å². The Morgan fingerprint density at radius 2 is 2.18 bits per heavy atom. The summed E-state index contributed by atoms with van der Waals surface area (Å²) in [6, 6.07) is 5.47. The van der Waals surface area contributed by atoms with E-state index in [1.807, 2.05) is 12.1 Å². The summed E-state index contributed by atoms with van der Waals surface area (Å²) in [7, 11) is 0. The first-order valence-electron chi connectivity index (χ1n) is 5.62. The fraction of sp³-hybridized carbons (Fsp3) is 0.500. The van der Waals surface area contributed by atoms with E-state index < -0.39 is 0 Å².